The van der Waals surface area contributed by atoms with Crippen LogP contribution >= 0.6 is 11.6 Å². The molecule has 0 aromatic heterocycles. The molecule has 164 valence electrons. The van der Waals surface area contributed by atoms with Crippen molar-refractivity contribution < 1.29 is 9.72 Å². The van der Waals surface area contributed by atoms with E-state index in [0.717, 1.165) is 37.6 Å². The van der Waals surface area contributed by atoms with E-state index in [0.29, 0.717) is 22.2 Å². The van der Waals surface area contributed by atoms with E-state index < -0.39 is 4.92 Å². The molecule has 32 heavy (non-hydrogen) atoms. The zero-order chi connectivity index (χ0) is 22.2. The molecule has 3 aliphatic heterocycles. The van der Waals surface area contributed by atoms with E-state index in [1.165, 1.54) is 37.5 Å². The molecule has 9 heteroatoms. The van der Waals surface area contributed by atoms with Gasteiger partial charge < -0.3 is 9.80 Å². The van der Waals surface area contributed by atoms with E-state index in [-0.39, 0.29) is 11.6 Å². The Morgan fingerprint density at radius 2 is 1.81 bits per heavy atom. The highest BCUT2D eigenvalue weighted by Crippen LogP contribution is 2.42. The number of piperidine rings is 1. The van der Waals surface area contributed by atoms with Crippen LogP contribution in [0.5, 0.6) is 0 Å². The quantitative estimate of drug-likeness (QED) is 0.383. The van der Waals surface area contributed by atoms with Gasteiger partial charge in [-0.2, -0.15) is 4.99 Å². The number of nitrogens with zero attached hydrogens (tertiary/aromatic N) is 5. The monoisotopic (exact) mass is 451 g/mol. The summed E-state index contributed by atoms with van der Waals surface area (Å²) < 4.78 is 0. The number of amides is 1. The number of nitro benzene ring substituents is 1. The van der Waals surface area contributed by atoms with Gasteiger partial charge in [0.1, 0.15) is 5.70 Å². The zero-order valence-electron chi connectivity index (χ0n) is 17.4. The number of nitro groups is 1. The molecule has 0 atom stereocenters. The number of hydrogen-bond acceptors (Lipinski definition) is 6. The van der Waals surface area contributed by atoms with Gasteiger partial charge in [0.05, 0.1) is 16.3 Å². The zero-order valence-corrected chi connectivity index (χ0v) is 18.2. The summed E-state index contributed by atoms with van der Waals surface area (Å²) in [6.45, 7) is 3.82. The van der Waals surface area contributed by atoms with Gasteiger partial charge >= 0.3 is 0 Å². The number of halogens is 1. The largest absolute Gasteiger partial charge is 0.308 e. The first-order valence-corrected chi connectivity index (χ1v) is 11.1. The minimum Gasteiger partial charge on any atom is -0.308 e. The number of aliphatic imine (C=N–C) groups is 1. The number of carbonyl (C=O) groups excluding carboxylic acids is 1. The van der Waals surface area contributed by atoms with Gasteiger partial charge in [0.2, 0.25) is 5.96 Å². The van der Waals surface area contributed by atoms with Gasteiger partial charge in [-0.25, -0.2) is 0 Å². The Morgan fingerprint density at radius 3 is 2.56 bits per heavy atom. The van der Waals surface area contributed by atoms with Crippen molar-refractivity contribution in [3.05, 3.63) is 68.9 Å². The van der Waals surface area contributed by atoms with Crippen LogP contribution in [0.2, 0.25) is 5.02 Å². The predicted octanol–water partition coefficient (Wildman–Crippen LogP) is 4.30. The topological polar surface area (TPSA) is 82.3 Å². The molecule has 2 aromatic carbocycles. The highest BCUT2D eigenvalue weighted by Gasteiger charge is 2.42. The fourth-order valence-electron chi connectivity index (χ4n) is 4.48. The van der Waals surface area contributed by atoms with Gasteiger partial charge in [0, 0.05) is 35.8 Å². The molecule has 0 bridgehead atoms. The summed E-state index contributed by atoms with van der Waals surface area (Å²) in [5.41, 5.74) is 2.51. The highest BCUT2D eigenvalue weighted by atomic mass is 35.5. The van der Waals surface area contributed by atoms with Crippen molar-refractivity contribution in [2.45, 2.75) is 19.3 Å². The second-order valence-electron chi connectivity index (χ2n) is 8.09. The van der Waals surface area contributed by atoms with Gasteiger partial charge in [-0.1, -0.05) is 30.2 Å². The van der Waals surface area contributed by atoms with Crippen molar-refractivity contribution in [2.24, 2.45) is 4.99 Å². The molecule has 5 rings (SSSR count). The second kappa shape index (κ2) is 8.37. The number of likely N-dealkylation sites (tertiary alicyclic amines) is 1. The van der Waals surface area contributed by atoms with Gasteiger partial charge in [0.25, 0.3) is 11.6 Å². The second-order valence-corrected chi connectivity index (χ2v) is 8.49. The van der Waals surface area contributed by atoms with Crippen molar-refractivity contribution in [3.8, 4) is 0 Å². The maximum atomic E-state index is 12.9. The van der Waals surface area contributed by atoms with Crippen molar-refractivity contribution >= 4 is 46.6 Å². The predicted molar refractivity (Wildman–Crippen MR) is 125 cm³/mol. The molecule has 1 amide bonds. The Labute approximate surface area is 190 Å². The van der Waals surface area contributed by atoms with E-state index >= 15 is 0 Å². The fraction of sp³-hybridized carbons (Fsp3) is 0.304. The van der Waals surface area contributed by atoms with E-state index in [2.05, 4.69) is 14.8 Å². The summed E-state index contributed by atoms with van der Waals surface area (Å²) in [5, 5.41) is 11.5. The first-order chi connectivity index (χ1) is 15.5. The SMILES string of the molecule is O=C1N=C2N(CCN3CCCCC3)c3ccccc3N2/C1=C/c1cc([N+](=O)[O-])ccc1Cl. The van der Waals surface area contributed by atoms with Gasteiger partial charge in [-0.3, -0.25) is 19.8 Å². The number of fused-ring (bicyclic) bond motifs is 3. The molecule has 3 heterocycles. The maximum Gasteiger partial charge on any atom is 0.297 e. The van der Waals surface area contributed by atoms with Crippen LogP contribution in [0.15, 0.2) is 53.2 Å². The Kier molecular flexibility index (Phi) is 5.40. The lowest BCUT2D eigenvalue weighted by Gasteiger charge is -2.29. The molecule has 0 N–H and O–H groups in total. The van der Waals surface area contributed by atoms with Gasteiger partial charge in [-0.05, 0) is 50.2 Å². The molecule has 2 aromatic rings. The minimum atomic E-state index is -0.482. The van der Waals surface area contributed by atoms with Gasteiger partial charge in [-0.15, -0.1) is 0 Å². The Balaban J connectivity index is 1.49. The third-order valence-corrected chi connectivity index (χ3v) is 6.43. The average molecular weight is 452 g/mol. The standard InChI is InChI=1S/C23H22ClN5O3/c24-18-9-8-17(29(31)32)14-16(18)15-21-22(30)25-23-27(13-12-26-10-4-1-5-11-26)19-6-2-3-7-20(19)28(21)23/h2-3,6-9,14-15H,1,4-5,10-13H2/b21-15+. The molecule has 0 unspecified atom stereocenters. The van der Waals surface area contributed by atoms with Crippen LogP contribution in [-0.2, 0) is 4.79 Å². The van der Waals surface area contributed by atoms with Crippen LogP contribution in [0.4, 0.5) is 17.1 Å². The summed E-state index contributed by atoms with van der Waals surface area (Å²) >= 11 is 6.28. The lowest BCUT2D eigenvalue weighted by Crippen LogP contribution is -2.41. The Bertz CT molecular complexity index is 1160. The van der Waals surface area contributed by atoms with E-state index in [1.54, 1.807) is 6.08 Å². The first kappa shape index (κ1) is 20.7. The molecule has 1 fully saturated rings. The molecule has 0 aliphatic carbocycles. The summed E-state index contributed by atoms with van der Waals surface area (Å²) in [7, 11) is 0. The smallest absolute Gasteiger partial charge is 0.297 e. The van der Waals surface area contributed by atoms with Gasteiger partial charge in [0.15, 0.2) is 0 Å². The molecular weight excluding hydrogens is 430 g/mol. The number of guanidine groups is 1. The van der Waals surface area contributed by atoms with E-state index in [4.69, 9.17) is 11.6 Å². The van der Waals surface area contributed by atoms with Crippen LogP contribution in [0.1, 0.15) is 24.8 Å². The van der Waals surface area contributed by atoms with Crippen LogP contribution in [0.25, 0.3) is 6.08 Å². The third kappa shape index (κ3) is 3.65. The van der Waals surface area contributed by atoms with Crippen LogP contribution in [0, 0.1) is 10.1 Å². The molecular formula is C23H22ClN5O3. The van der Waals surface area contributed by atoms with Crippen LogP contribution in [0.3, 0.4) is 0 Å². The fourth-order valence-corrected chi connectivity index (χ4v) is 4.66. The Hall–Kier alpha value is -3.23. The number of para-hydroxylation sites is 2. The normalized spacial score (nSPS) is 19.3. The molecule has 0 spiro atoms. The molecule has 0 radical (unpaired) electrons. The molecule has 8 nitrogen and oxygen atoms in total. The number of non-ortho nitro benzene ring substituents is 1. The van der Waals surface area contributed by atoms with Crippen molar-refractivity contribution in [1.82, 2.24) is 4.90 Å². The Morgan fingerprint density at radius 1 is 1.06 bits per heavy atom. The molecule has 3 aliphatic rings. The average Bonchev–Trinajstić information content (AvgIpc) is 3.27. The summed E-state index contributed by atoms with van der Waals surface area (Å²) in [5.74, 6) is 0.182. The summed E-state index contributed by atoms with van der Waals surface area (Å²) in [4.78, 5) is 34.3. The molecule has 1 saturated heterocycles. The number of carbonyl (C=O) groups is 1. The number of anilines is 2. The number of hydrogen-bond donors (Lipinski definition) is 0. The maximum absolute atomic E-state index is 12.9. The summed E-state index contributed by atoms with van der Waals surface area (Å²) in [6, 6.07) is 12.1. The van der Waals surface area contributed by atoms with Crippen molar-refractivity contribution in [2.75, 3.05) is 36.0 Å². The van der Waals surface area contributed by atoms with Crippen molar-refractivity contribution in [1.29, 1.82) is 0 Å². The minimum absolute atomic E-state index is 0.0854. The lowest BCUT2D eigenvalue weighted by molar-refractivity contribution is -0.384. The summed E-state index contributed by atoms with van der Waals surface area (Å²) in [6.07, 6.45) is 5.31. The van der Waals surface area contributed by atoms with E-state index in [9.17, 15) is 14.9 Å². The van der Waals surface area contributed by atoms with Crippen LogP contribution < -0.4 is 9.80 Å². The van der Waals surface area contributed by atoms with Crippen LogP contribution in [-0.4, -0.2) is 47.9 Å². The van der Waals surface area contributed by atoms with E-state index in [1.807, 2.05) is 29.2 Å². The third-order valence-electron chi connectivity index (χ3n) is 6.09. The highest BCUT2D eigenvalue weighted by molar-refractivity contribution is 6.33. The first-order valence-electron chi connectivity index (χ1n) is 10.7. The van der Waals surface area contributed by atoms with Crippen molar-refractivity contribution in [3.63, 3.8) is 0 Å². The molecule has 0 saturated carbocycles. The number of rotatable bonds is 5. The lowest BCUT2D eigenvalue weighted by atomic mass is 10.1. The number of benzene rings is 2.